The Balaban J connectivity index is 0.00000364. The van der Waals surface area contributed by atoms with Crippen LogP contribution in [0.5, 0.6) is 0 Å². The number of sulfone groups is 1. The van der Waals surface area contributed by atoms with E-state index in [1.165, 1.54) is 6.26 Å². The molecule has 0 atom stereocenters. The van der Waals surface area contributed by atoms with Gasteiger partial charge in [0.1, 0.15) is 0 Å². The van der Waals surface area contributed by atoms with Crippen LogP contribution < -0.4 is 10.6 Å². The van der Waals surface area contributed by atoms with Gasteiger partial charge in [0.05, 0.1) is 11.4 Å². The van der Waals surface area contributed by atoms with Crippen LogP contribution in [0.25, 0.3) is 0 Å². The monoisotopic (exact) mass is 521 g/mol. The molecule has 0 aliphatic heterocycles. The van der Waals surface area contributed by atoms with Crippen molar-refractivity contribution in [3.05, 3.63) is 64.2 Å². The summed E-state index contributed by atoms with van der Waals surface area (Å²) in [6, 6.07) is 12.9. The minimum atomic E-state index is -3.20. The Bertz CT molecular complexity index is 884. The number of hydrogen-bond acceptors (Lipinski definition) is 3. The normalized spacial score (nSPS) is 11.6. The highest BCUT2D eigenvalue weighted by atomic mass is 127. The molecule has 2 N–H and O–H groups in total. The molecule has 2 aromatic rings. The van der Waals surface area contributed by atoms with Gasteiger partial charge < -0.3 is 10.6 Å². The van der Waals surface area contributed by atoms with Gasteiger partial charge in [-0.25, -0.2) is 13.4 Å². The first-order valence-electron chi connectivity index (χ1n) is 8.36. The summed E-state index contributed by atoms with van der Waals surface area (Å²) in [6.07, 6.45) is 1.22. The molecule has 2 aromatic carbocycles. The van der Waals surface area contributed by atoms with Crippen LogP contribution in [0.3, 0.4) is 0 Å². The predicted octanol–water partition coefficient (Wildman–Crippen LogP) is 3.93. The van der Waals surface area contributed by atoms with Crippen molar-refractivity contribution in [3.8, 4) is 0 Å². The molecule has 0 unspecified atom stereocenters. The van der Waals surface area contributed by atoms with Crippen molar-refractivity contribution in [1.82, 2.24) is 10.6 Å². The summed E-state index contributed by atoms with van der Waals surface area (Å²) in [5.74, 6) is 0.701. The van der Waals surface area contributed by atoms with E-state index in [9.17, 15) is 8.42 Å². The fraction of sp³-hybridized carbons (Fsp3) is 0.316. The van der Waals surface area contributed by atoms with E-state index >= 15 is 0 Å². The highest BCUT2D eigenvalue weighted by molar-refractivity contribution is 14.0. The van der Waals surface area contributed by atoms with Gasteiger partial charge in [-0.15, -0.1) is 24.0 Å². The van der Waals surface area contributed by atoms with Gasteiger partial charge in [0.25, 0.3) is 0 Å². The zero-order valence-corrected chi connectivity index (χ0v) is 19.5. The first-order chi connectivity index (χ1) is 12.3. The third-order valence-corrected chi connectivity index (χ3v) is 5.28. The second kappa shape index (κ2) is 10.9. The van der Waals surface area contributed by atoms with Gasteiger partial charge in [0.2, 0.25) is 0 Å². The largest absolute Gasteiger partial charge is 0.357 e. The van der Waals surface area contributed by atoms with Gasteiger partial charge in [0.15, 0.2) is 15.8 Å². The summed E-state index contributed by atoms with van der Waals surface area (Å²) in [5.41, 5.74) is 2.80. The van der Waals surface area contributed by atoms with Gasteiger partial charge in [-0.05, 0) is 48.7 Å². The lowest BCUT2D eigenvalue weighted by Crippen LogP contribution is -2.36. The van der Waals surface area contributed by atoms with Crippen LogP contribution in [0.1, 0.15) is 23.6 Å². The van der Waals surface area contributed by atoms with Crippen LogP contribution in [-0.2, 0) is 22.9 Å². The van der Waals surface area contributed by atoms with E-state index < -0.39 is 9.84 Å². The molecular weight excluding hydrogens is 497 g/mol. The maximum Gasteiger partial charge on any atom is 0.191 e. The molecule has 0 aromatic heterocycles. The maximum absolute atomic E-state index is 11.7. The Morgan fingerprint density at radius 2 is 1.70 bits per heavy atom. The van der Waals surface area contributed by atoms with Crippen LogP contribution in [0, 0.1) is 6.92 Å². The molecule has 0 fully saturated rings. The summed E-state index contributed by atoms with van der Waals surface area (Å²) in [5, 5.41) is 7.19. The van der Waals surface area contributed by atoms with Gasteiger partial charge in [0, 0.05) is 24.4 Å². The molecular formula is C19H25ClIN3O2S. The zero-order valence-electron chi connectivity index (χ0n) is 15.6. The Kier molecular flexibility index (Phi) is 9.55. The molecule has 2 rings (SSSR count). The Morgan fingerprint density at radius 3 is 2.26 bits per heavy atom. The molecule has 0 amide bonds. The average Bonchev–Trinajstić information content (AvgIpc) is 2.57. The SMILES string of the molecule is CCNC(=NCc1ccc(S(C)(=O)=O)c(C)c1)NCc1ccc(Cl)cc1.I. The van der Waals surface area contributed by atoms with Crippen LogP contribution >= 0.6 is 35.6 Å². The molecule has 0 spiro atoms. The molecule has 0 saturated carbocycles. The van der Waals surface area contributed by atoms with Crippen LogP contribution in [0.2, 0.25) is 5.02 Å². The van der Waals surface area contributed by atoms with E-state index in [0.717, 1.165) is 23.2 Å². The van der Waals surface area contributed by atoms with E-state index in [2.05, 4.69) is 15.6 Å². The van der Waals surface area contributed by atoms with Crippen molar-refractivity contribution in [2.24, 2.45) is 4.99 Å². The number of halogens is 2. The molecule has 0 aliphatic carbocycles. The highest BCUT2D eigenvalue weighted by Gasteiger charge is 2.10. The smallest absolute Gasteiger partial charge is 0.191 e. The number of guanidine groups is 1. The van der Waals surface area contributed by atoms with E-state index in [1.54, 1.807) is 19.1 Å². The quantitative estimate of drug-likeness (QED) is 0.343. The van der Waals surface area contributed by atoms with Gasteiger partial charge in [-0.3, -0.25) is 0 Å². The minimum Gasteiger partial charge on any atom is -0.357 e. The Morgan fingerprint density at radius 1 is 1.07 bits per heavy atom. The third-order valence-electron chi connectivity index (χ3n) is 3.78. The molecule has 148 valence electrons. The highest BCUT2D eigenvalue weighted by Crippen LogP contribution is 2.17. The van der Waals surface area contributed by atoms with Crippen molar-refractivity contribution in [3.63, 3.8) is 0 Å². The summed E-state index contributed by atoms with van der Waals surface area (Å²) in [4.78, 5) is 4.93. The Labute approximate surface area is 183 Å². The number of nitrogens with one attached hydrogen (secondary N) is 2. The lowest BCUT2D eigenvalue weighted by Gasteiger charge is -2.12. The zero-order chi connectivity index (χ0) is 19.2. The second-order valence-electron chi connectivity index (χ2n) is 6.05. The van der Waals surface area contributed by atoms with E-state index in [0.29, 0.717) is 29.0 Å². The maximum atomic E-state index is 11.7. The van der Waals surface area contributed by atoms with E-state index in [-0.39, 0.29) is 24.0 Å². The Hall–Kier alpha value is -1.32. The number of rotatable bonds is 6. The number of benzene rings is 2. The number of hydrogen-bond donors (Lipinski definition) is 2. The van der Waals surface area contributed by atoms with Gasteiger partial charge in [-0.2, -0.15) is 0 Å². The standard InChI is InChI=1S/C19H24ClN3O2S.HI/c1-4-21-19(22-12-15-5-8-17(20)9-6-15)23-13-16-7-10-18(14(2)11-16)26(3,24)25;/h5-11H,4,12-13H2,1-3H3,(H2,21,22,23);1H. The summed E-state index contributed by atoms with van der Waals surface area (Å²) < 4.78 is 23.4. The van der Waals surface area contributed by atoms with Crippen LogP contribution in [-0.4, -0.2) is 27.2 Å². The topological polar surface area (TPSA) is 70.6 Å². The molecule has 27 heavy (non-hydrogen) atoms. The van der Waals surface area contributed by atoms with E-state index in [1.807, 2.05) is 37.3 Å². The number of nitrogens with zero attached hydrogens (tertiary/aromatic N) is 1. The molecule has 8 heteroatoms. The minimum absolute atomic E-state index is 0. The molecule has 0 saturated heterocycles. The van der Waals surface area contributed by atoms with Crippen molar-refractivity contribution >= 4 is 51.4 Å². The van der Waals surface area contributed by atoms with Gasteiger partial charge in [-0.1, -0.05) is 35.9 Å². The molecule has 0 radical (unpaired) electrons. The number of aryl methyl sites for hydroxylation is 1. The first kappa shape index (κ1) is 23.7. The first-order valence-corrected chi connectivity index (χ1v) is 10.6. The lowest BCUT2D eigenvalue weighted by molar-refractivity contribution is 0.601. The second-order valence-corrected chi connectivity index (χ2v) is 8.47. The van der Waals surface area contributed by atoms with Gasteiger partial charge >= 0.3 is 0 Å². The summed E-state index contributed by atoms with van der Waals surface area (Å²) >= 11 is 5.90. The van der Waals surface area contributed by atoms with Crippen molar-refractivity contribution < 1.29 is 8.42 Å². The predicted molar refractivity (Wildman–Crippen MR) is 123 cm³/mol. The lowest BCUT2D eigenvalue weighted by atomic mass is 10.1. The fourth-order valence-electron chi connectivity index (χ4n) is 2.53. The molecule has 5 nitrogen and oxygen atoms in total. The molecule has 0 bridgehead atoms. The number of aliphatic imine (C=N–C) groups is 1. The average molecular weight is 522 g/mol. The van der Waals surface area contributed by atoms with Crippen molar-refractivity contribution in [1.29, 1.82) is 0 Å². The van der Waals surface area contributed by atoms with Crippen LogP contribution in [0.15, 0.2) is 52.4 Å². The van der Waals surface area contributed by atoms with Crippen LogP contribution in [0.4, 0.5) is 0 Å². The summed E-state index contributed by atoms with van der Waals surface area (Å²) in [6.45, 7) is 5.65. The third kappa shape index (κ3) is 7.67. The summed E-state index contributed by atoms with van der Waals surface area (Å²) in [7, 11) is -3.20. The molecule has 0 aliphatic rings. The van der Waals surface area contributed by atoms with Crippen molar-refractivity contribution in [2.75, 3.05) is 12.8 Å². The molecule has 0 heterocycles. The van der Waals surface area contributed by atoms with Crippen molar-refractivity contribution in [2.45, 2.75) is 31.8 Å². The fourth-order valence-corrected chi connectivity index (χ4v) is 3.61. The van der Waals surface area contributed by atoms with E-state index in [4.69, 9.17) is 11.6 Å².